The molecular weight excluding hydrogens is 391 g/mol. The predicted octanol–water partition coefficient (Wildman–Crippen LogP) is 5.03. The van der Waals surface area contributed by atoms with Gasteiger partial charge in [-0.2, -0.15) is 0 Å². The van der Waals surface area contributed by atoms with Crippen molar-refractivity contribution in [3.05, 3.63) is 71.2 Å². The van der Waals surface area contributed by atoms with Crippen molar-refractivity contribution >= 4 is 22.4 Å². The number of ketones is 1. The van der Waals surface area contributed by atoms with Crippen molar-refractivity contribution in [2.24, 2.45) is 5.92 Å². The van der Waals surface area contributed by atoms with Gasteiger partial charge in [0.1, 0.15) is 28.8 Å². The Kier molecular flexibility index (Phi) is 4.94. The van der Waals surface area contributed by atoms with Crippen LogP contribution in [0.2, 0.25) is 0 Å². The highest BCUT2D eigenvalue weighted by molar-refractivity contribution is 5.98. The van der Waals surface area contributed by atoms with Crippen LogP contribution in [0.5, 0.6) is 0 Å². The van der Waals surface area contributed by atoms with Crippen LogP contribution in [-0.2, 0) is 0 Å². The Bertz CT molecular complexity index is 1090. The molecule has 0 N–H and O–H groups in total. The largest absolute Gasteiger partial charge is 0.371 e. The van der Waals surface area contributed by atoms with Crippen LogP contribution in [-0.4, -0.2) is 23.9 Å². The van der Waals surface area contributed by atoms with E-state index in [2.05, 4.69) is 4.98 Å². The summed E-state index contributed by atoms with van der Waals surface area (Å²) >= 11 is 0. The van der Waals surface area contributed by atoms with Crippen molar-refractivity contribution < 1.29 is 26.7 Å². The number of hydrogen-bond acceptors (Lipinski definition) is 3. The minimum absolute atomic E-state index is 0.0394. The van der Waals surface area contributed by atoms with Gasteiger partial charge in [0.05, 0.1) is 5.56 Å². The number of hydrogen-bond donors (Lipinski definition) is 0. The number of aromatic nitrogens is 1. The molecule has 1 fully saturated rings. The van der Waals surface area contributed by atoms with E-state index in [-0.39, 0.29) is 18.4 Å². The second kappa shape index (κ2) is 7.42. The van der Waals surface area contributed by atoms with E-state index in [0.29, 0.717) is 36.3 Å². The normalized spacial score (nSPS) is 15.1. The molecule has 0 bridgehead atoms. The number of carbonyl (C=O) groups is 1. The number of nitrogens with zero attached hydrogens (tertiary/aromatic N) is 2. The van der Waals surface area contributed by atoms with E-state index < -0.39 is 46.4 Å². The van der Waals surface area contributed by atoms with Crippen LogP contribution >= 0.6 is 0 Å². The second-order valence-corrected chi connectivity index (χ2v) is 6.98. The van der Waals surface area contributed by atoms with Gasteiger partial charge in [-0.1, -0.05) is 0 Å². The predicted molar refractivity (Wildman–Crippen MR) is 97.2 cm³/mol. The van der Waals surface area contributed by atoms with E-state index in [0.717, 1.165) is 6.07 Å². The SMILES string of the molecule is O=C(c1c(F)cc(F)cc1F)C1CCN(c2ccnc3c(F)cc(F)cc23)CC1. The maximum Gasteiger partial charge on any atom is 0.171 e. The zero-order valence-electron chi connectivity index (χ0n) is 15.1. The van der Waals surface area contributed by atoms with Crippen molar-refractivity contribution in [3.8, 4) is 0 Å². The van der Waals surface area contributed by atoms with Crippen molar-refractivity contribution in [3.63, 3.8) is 0 Å². The molecule has 29 heavy (non-hydrogen) atoms. The molecule has 0 aliphatic carbocycles. The van der Waals surface area contributed by atoms with E-state index in [1.807, 2.05) is 4.90 Å². The Balaban J connectivity index is 1.56. The monoisotopic (exact) mass is 406 g/mol. The lowest BCUT2D eigenvalue weighted by atomic mass is 9.88. The summed E-state index contributed by atoms with van der Waals surface area (Å²) in [6, 6.07) is 4.55. The number of Topliss-reactive ketones (excluding diaryl/α,β-unsaturated/α-hetero) is 1. The zero-order valence-corrected chi connectivity index (χ0v) is 15.1. The fourth-order valence-corrected chi connectivity index (χ4v) is 3.80. The average molecular weight is 406 g/mol. The number of halogens is 5. The second-order valence-electron chi connectivity index (χ2n) is 6.98. The maximum atomic E-state index is 14.0. The summed E-state index contributed by atoms with van der Waals surface area (Å²) in [6.07, 6.45) is 1.99. The quantitative estimate of drug-likeness (QED) is 0.452. The molecule has 150 valence electrons. The van der Waals surface area contributed by atoms with E-state index in [1.54, 1.807) is 6.07 Å². The topological polar surface area (TPSA) is 33.2 Å². The minimum atomic E-state index is -1.22. The van der Waals surface area contributed by atoms with Gasteiger partial charge < -0.3 is 4.90 Å². The standard InChI is InChI=1S/C21H15F5N2O/c22-12-7-14-18(1-4-27-20(14)17(26)10-12)28-5-2-11(3-6-28)21(29)19-15(24)8-13(23)9-16(19)25/h1,4,7-11H,2-3,5-6H2. The van der Waals surface area contributed by atoms with Crippen molar-refractivity contribution in [2.75, 3.05) is 18.0 Å². The molecule has 1 aliphatic heterocycles. The number of piperidine rings is 1. The molecule has 4 rings (SSSR count). The molecule has 2 aromatic carbocycles. The third-order valence-electron chi connectivity index (χ3n) is 5.20. The van der Waals surface area contributed by atoms with Crippen molar-refractivity contribution in [2.45, 2.75) is 12.8 Å². The third kappa shape index (κ3) is 3.54. The molecule has 1 aliphatic rings. The first-order chi connectivity index (χ1) is 13.8. The summed E-state index contributed by atoms with van der Waals surface area (Å²) in [7, 11) is 0. The molecule has 0 unspecified atom stereocenters. The summed E-state index contributed by atoms with van der Waals surface area (Å²) in [5.41, 5.74) is -0.126. The summed E-state index contributed by atoms with van der Waals surface area (Å²) in [5, 5.41) is 0.311. The van der Waals surface area contributed by atoms with Gasteiger partial charge in [0.25, 0.3) is 0 Å². The Labute approximate surface area is 162 Å². The first kappa shape index (κ1) is 19.3. The van der Waals surface area contributed by atoms with Crippen LogP contribution in [0.4, 0.5) is 27.6 Å². The van der Waals surface area contributed by atoms with Gasteiger partial charge in [-0.3, -0.25) is 9.78 Å². The number of fused-ring (bicyclic) bond motifs is 1. The number of rotatable bonds is 3. The highest BCUT2D eigenvalue weighted by atomic mass is 19.2. The van der Waals surface area contributed by atoms with E-state index in [4.69, 9.17) is 0 Å². The number of anilines is 1. The van der Waals surface area contributed by atoms with Gasteiger partial charge in [-0.25, -0.2) is 22.0 Å². The average Bonchev–Trinajstić information content (AvgIpc) is 2.67. The summed E-state index contributed by atoms with van der Waals surface area (Å²) in [6.45, 7) is 0.691. The minimum Gasteiger partial charge on any atom is -0.371 e. The van der Waals surface area contributed by atoms with Gasteiger partial charge in [0.2, 0.25) is 0 Å². The van der Waals surface area contributed by atoms with Crippen LogP contribution in [0.3, 0.4) is 0 Å². The molecule has 0 amide bonds. The fraction of sp³-hybridized carbons (Fsp3) is 0.238. The Morgan fingerprint density at radius 3 is 2.14 bits per heavy atom. The first-order valence-corrected chi connectivity index (χ1v) is 9.02. The van der Waals surface area contributed by atoms with E-state index >= 15 is 0 Å². The van der Waals surface area contributed by atoms with Crippen molar-refractivity contribution in [1.82, 2.24) is 4.98 Å². The van der Waals surface area contributed by atoms with Crippen molar-refractivity contribution in [1.29, 1.82) is 0 Å². The smallest absolute Gasteiger partial charge is 0.171 e. The van der Waals surface area contributed by atoms with Gasteiger partial charge in [-0.15, -0.1) is 0 Å². The number of benzene rings is 2. The summed E-state index contributed by atoms with van der Waals surface area (Å²) in [4.78, 5) is 18.4. The van der Waals surface area contributed by atoms with Crippen LogP contribution in [0.25, 0.3) is 10.9 Å². The Morgan fingerprint density at radius 2 is 1.48 bits per heavy atom. The lowest BCUT2D eigenvalue weighted by molar-refractivity contribution is 0.0891. The molecule has 0 spiro atoms. The maximum absolute atomic E-state index is 14.0. The molecular formula is C21H15F5N2O. The van der Waals surface area contributed by atoms with Gasteiger partial charge in [0, 0.05) is 54.5 Å². The number of carbonyl (C=O) groups excluding carboxylic acids is 1. The van der Waals surface area contributed by atoms with Gasteiger partial charge in [0.15, 0.2) is 11.6 Å². The third-order valence-corrected chi connectivity index (χ3v) is 5.20. The highest BCUT2D eigenvalue weighted by Crippen LogP contribution is 2.32. The molecule has 8 heteroatoms. The van der Waals surface area contributed by atoms with Crippen LogP contribution < -0.4 is 4.90 Å². The first-order valence-electron chi connectivity index (χ1n) is 9.02. The Hall–Kier alpha value is -3.03. The zero-order chi connectivity index (χ0) is 20.7. The van der Waals surface area contributed by atoms with E-state index in [9.17, 15) is 26.7 Å². The molecule has 3 aromatic rings. The molecule has 1 saturated heterocycles. The molecule has 0 saturated carbocycles. The number of pyridine rings is 1. The molecule has 2 heterocycles. The van der Waals surface area contributed by atoms with Crippen LogP contribution in [0, 0.1) is 35.0 Å². The fourth-order valence-electron chi connectivity index (χ4n) is 3.80. The van der Waals surface area contributed by atoms with Gasteiger partial charge in [-0.05, 0) is 25.0 Å². The summed E-state index contributed by atoms with van der Waals surface area (Å²) < 4.78 is 68.6. The summed E-state index contributed by atoms with van der Waals surface area (Å²) in [5.74, 6) is -6.37. The van der Waals surface area contributed by atoms with Crippen LogP contribution in [0.15, 0.2) is 36.5 Å². The van der Waals surface area contributed by atoms with Gasteiger partial charge >= 0.3 is 0 Å². The lowest BCUT2D eigenvalue weighted by Gasteiger charge is -2.33. The molecule has 1 aromatic heterocycles. The highest BCUT2D eigenvalue weighted by Gasteiger charge is 2.30. The molecule has 3 nitrogen and oxygen atoms in total. The van der Waals surface area contributed by atoms with E-state index in [1.165, 1.54) is 12.3 Å². The molecule has 0 atom stereocenters. The molecule has 0 radical (unpaired) electrons. The van der Waals surface area contributed by atoms with Crippen LogP contribution in [0.1, 0.15) is 23.2 Å². The lowest BCUT2D eigenvalue weighted by Crippen LogP contribution is -2.37. The Morgan fingerprint density at radius 1 is 0.897 bits per heavy atom.